The minimum Gasteiger partial charge on any atom is -0.377 e. The van der Waals surface area contributed by atoms with Crippen molar-refractivity contribution >= 4 is 11.3 Å². The fraction of sp³-hybridized carbons (Fsp3) is 0.786. The second-order valence-electron chi connectivity index (χ2n) is 6.40. The van der Waals surface area contributed by atoms with E-state index in [0.717, 1.165) is 31.1 Å². The normalized spacial score (nSPS) is 36.0. The molecule has 3 N–H and O–H groups in total. The lowest BCUT2D eigenvalue weighted by molar-refractivity contribution is -0.153. The van der Waals surface area contributed by atoms with E-state index in [2.05, 4.69) is 24.1 Å². The molecule has 0 aromatic carbocycles. The zero-order valence-corrected chi connectivity index (χ0v) is 12.7. The third-order valence-electron chi connectivity index (χ3n) is 5.05. The quantitative estimate of drug-likeness (QED) is 0.881. The monoisotopic (exact) mass is 281 g/mol. The van der Waals surface area contributed by atoms with Crippen molar-refractivity contribution < 1.29 is 4.74 Å². The highest BCUT2D eigenvalue weighted by Gasteiger charge is 2.67. The third-order valence-corrected chi connectivity index (χ3v) is 5.96. The van der Waals surface area contributed by atoms with Crippen LogP contribution in [0.15, 0.2) is 6.20 Å². The molecule has 5 heteroatoms. The summed E-state index contributed by atoms with van der Waals surface area (Å²) in [6.07, 6.45) is 3.40. The van der Waals surface area contributed by atoms with Gasteiger partial charge >= 0.3 is 0 Å². The van der Waals surface area contributed by atoms with Crippen LogP contribution in [0.2, 0.25) is 0 Å². The number of hydrogen-bond acceptors (Lipinski definition) is 5. The van der Waals surface area contributed by atoms with Crippen molar-refractivity contribution in [2.75, 3.05) is 13.2 Å². The van der Waals surface area contributed by atoms with Crippen LogP contribution in [-0.2, 0) is 11.3 Å². The molecule has 2 aliphatic rings. The van der Waals surface area contributed by atoms with Gasteiger partial charge in [-0.15, -0.1) is 11.3 Å². The van der Waals surface area contributed by atoms with E-state index in [-0.39, 0.29) is 11.0 Å². The van der Waals surface area contributed by atoms with E-state index < -0.39 is 0 Å². The molecule has 0 radical (unpaired) electrons. The second kappa shape index (κ2) is 4.52. The standard InChI is InChI=1S/C14H23N3OS/c1-9-17-7-10(19-9)6-16-8-14(15)11-4-5-18-12(11)13(14,2)3/h7,11-12,16H,4-6,8,15H2,1-3H3. The van der Waals surface area contributed by atoms with Crippen molar-refractivity contribution in [1.82, 2.24) is 10.3 Å². The molecular formula is C14H23N3OS. The van der Waals surface area contributed by atoms with E-state index in [4.69, 9.17) is 10.5 Å². The molecule has 3 rings (SSSR count). The van der Waals surface area contributed by atoms with E-state index in [0.29, 0.717) is 12.0 Å². The Labute approximate surface area is 118 Å². The second-order valence-corrected chi connectivity index (χ2v) is 7.72. The first kappa shape index (κ1) is 13.5. The highest BCUT2D eigenvalue weighted by atomic mass is 32.1. The van der Waals surface area contributed by atoms with Crippen molar-refractivity contribution in [3.8, 4) is 0 Å². The van der Waals surface area contributed by atoms with Crippen LogP contribution in [0.5, 0.6) is 0 Å². The van der Waals surface area contributed by atoms with E-state index in [1.54, 1.807) is 11.3 Å². The van der Waals surface area contributed by atoms with E-state index in [1.807, 2.05) is 13.1 Å². The summed E-state index contributed by atoms with van der Waals surface area (Å²) in [5.41, 5.74) is 6.60. The maximum Gasteiger partial charge on any atom is 0.0897 e. The fourth-order valence-electron chi connectivity index (χ4n) is 3.71. The van der Waals surface area contributed by atoms with Crippen LogP contribution >= 0.6 is 11.3 Å². The molecular weight excluding hydrogens is 258 g/mol. The van der Waals surface area contributed by atoms with Gasteiger partial charge < -0.3 is 15.8 Å². The van der Waals surface area contributed by atoms with Gasteiger partial charge in [-0.1, -0.05) is 13.8 Å². The molecule has 2 heterocycles. The number of aryl methyl sites for hydroxylation is 1. The Bertz CT molecular complexity index is 473. The maximum absolute atomic E-state index is 6.68. The van der Waals surface area contributed by atoms with Gasteiger partial charge in [-0.25, -0.2) is 4.98 Å². The molecule has 2 fully saturated rings. The predicted octanol–water partition coefficient (Wildman–Crippen LogP) is 1.68. The molecule has 0 bridgehead atoms. The molecule has 3 unspecified atom stereocenters. The van der Waals surface area contributed by atoms with E-state index in [1.165, 1.54) is 4.88 Å². The lowest BCUT2D eigenvalue weighted by Crippen LogP contribution is -2.77. The van der Waals surface area contributed by atoms with Crippen molar-refractivity contribution in [1.29, 1.82) is 0 Å². The number of nitrogens with two attached hydrogens (primary N) is 1. The Balaban J connectivity index is 1.60. The SMILES string of the molecule is Cc1ncc(CNCC2(N)C3CCOC3C2(C)C)s1. The van der Waals surface area contributed by atoms with E-state index in [9.17, 15) is 0 Å². The number of thiazole rings is 1. The summed E-state index contributed by atoms with van der Waals surface area (Å²) < 4.78 is 5.81. The first-order valence-corrected chi connectivity index (χ1v) is 7.79. The number of fused-ring (bicyclic) bond motifs is 1. The van der Waals surface area contributed by atoms with Crippen LogP contribution in [0.3, 0.4) is 0 Å². The van der Waals surface area contributed by atoms with E-state index >= 15 is 0 Å². The molecule has 1 aromatic rings. The number of ether oxygens (including phenoxy) is 1. The molecule has 3 atom stereocenters. The topological polar surface area (TPSA) is 60.2 Å². The first-order chi connectivity index (χ1) is 8.95. The summed E-state index contributed by atoms with van der Waals surface area (Å²) in [6.45, 7) is 9.08. The third kappa shape index (κ3) is 1.95. The lowest BCUT2D eigenvalue weighted by atomic mass is 9.48. The zero-order chi connectivity index (χ0) is 13.7. The van der Waals surface area contributed by atoms with Gasteiger partial charge in [-0.3, -0.25) is 0 Å². The molecule has 4 nitrogen and oxygen atoms in total. The van der Waals surface area contributed by atoms with Crippen LogP contribution in [0.1, 0.15) is 30.2 Å². The summed E-state index contributed by atoms with van der Waals surface area (Å²) in [4.78, 5) is 5.55. The Morgan fingerprint density at radius 1 is 1.58 bits per heavy atom. The number of rotatable bonds is 4. The van der Waals surface area contributed by atoms with Crippen molar-refractivity contribution in [3.63, 3.8) is 0 Å². The van der Waals surface area contributed by atoms with Gasteiger partial charge in [0.1, 0.15) is 0 Å². The molecule has 1 saturated carbocycles. The van der Waals surface area contributed by atoms with Gasteiger partial charge in [-0.05, 0) is 13.3 Å². The minimum atomic E-state index is -0.145. The van der Waals surface area contributed by atoms with Crippen molar-refractivity contribution in [2.45, 2.75) is 45.4 Å². The van der Waals surface area contributed by atoms with Gasteiger partial charge in [0.25, 0.3) is 0 Å². The maximum atomic E-state index is 6.68. The highest BCUT2D eigenvalue weighted by Crippen LogP contribution is 2.57. The Kier molecular flexibility index (Phi) is 3.21. The van der Waals surface area contributed by atoms with Crippen LogP contribution in [0.4, 0.5) is 0 Å². The Morgan fingerprint density at radius 2 is 2.37 bits per heavy atom. The molecule has 1 saturated heterocycles. The lowest BCUT2D eigenvalue weighted by Gasteiger charge is -2.62. The average molecular weight is 281 g/mol. The average Bonchev–Trinajstić information content (AvgIpc) is 2.97. The van der Waals surface area contributed by atoms with Gasteiger partial charge in [0.05, 0.1) is 11.1 Å². The number of aromatic nitrogens is 1. The molecule has 1 aliphatic carbocycles. The summed E-state index contributed by atoms with van der Waals surface area (Å²) in [7, 11) is 0. The Hall–Kier alpha value is -0.490. The molecule has 1 aromatic heterocycles. The molecule has 0 amide bonds. The fourth-order valence-corrected chi connectivity index (χ4v) is 4.48. The molecule has 0 spiro atoms. The summed E-state index contributed by atoms with van der Waals surface area (Å²) in [5.74, 6) is 0.512. The predicted molar refractivity (Wildman–Crippen MR) is 77.1 cm³/mol. The summed E-state index contributed by atoms with van der Waals surface area (Å²) >= 11 is 1.74. The minimum absolute atomic E-state index is 0.0603. The number of hydrogen-bond donors (Lipinski definition) is 2. The zero-order valence-electron chi connectivity index (χ0n) is 11.9. The van der Waals surface area contributed by atoms with Crippen molar-refractivity contribution in [3.05, 3.63) is 16.1 Å². The first-order valence-electron chi connectivity index (χ1n) is 6.97. The van der Waals surface area contributed by atoms with Crippen molar-refractivity contribution in [2.24, 2.45) is 17.1 Å². The van der Waals surface area contributed by atoms with Crippen LogP contribution in [0, 0.1) is 18.3 Å². The molecule has 106 valence electrons. The van der Waals surface area contributed by atoms with Crippen LogP contribution in [0.25, 0.3) is 0 Å². The Morgan fingerprint density at radius 3 is 3.05 bits per heavy atom. The smallest absolute Gasteiger partial charge is 0.0897 e. The van der Waals surface area contributed by atoms with Crippen LogP contribution in [-0.4, -0.2) is 29.8 Å². The van der Waals surface area contributed by atoms with Gasteiger partial charge in [0, 0.05) is 47.6 Å². The summed E-state index contributed by atoms with van der Waals surface area (Å²) in [6, 6.07) is 0. The largest absolute Gasteiger partial charge is 0.377 e. The van der Waals surface area contributed by atoms with Gasteiger partial charge in [0.2, 0.25) is 0 Å². The van der Waals surface area contributed by atoms with Gasteiger partial charge in [0.15, 0.2) is 0 Å². The van der Waals surface area contributed by atoms with Crippen LogP contribution < -0.4 is 11.1 Å². The van der Waals surface area contributed by atoms with Gasteiger partial charge in [-0.2, -0.15) is 0 Å². The summed E-state index contributed by atoms with van der Waals surface area (Å²) in [5, 5.41) is 4.63. The molecule has 1 aliphatic heterocycles. The highest BCUT2D eigenvalue weighted by molar-refractivity contribution is 7.11. The molecule has 19 heavy (non-hydrogen) atoms. The number of nitrogens with one attached hydrogen (secondary N) is 1. The number of nitrogens with zero attached hydrogens (tertiary/aromatic N) is 1.